The number of halogens is 2. The van der Waals surface area contributed by atoms with E-state index in [1.807, 2.05) is 12.1 Å². The molecule has 0 aliphatic carbocycles. The summed E-state index contributed by atoms with van der Waals surface area (Å²) in [6.07, 6.45) is 1.48. The summed E-state index contributed by atoms with van der Waals surface area (Å²) in [5.41, 5.74) is 5.20. The first-order chi connectivity index (χ1) is 13.8. The highest BCUT2D eigenvalue weighted by atomic mass is 35.5. The third-order valence-corrected chi connectivity index (χ3v) is 6.64. The lowest BCUT2D eigenvalue weighted by atomic mass is 9.78. The third kappa shape index (κ3) is 4.66. The molecule has 3 rings (SSSR count). The fourth-order valence-electron chi connectivity index (χ4n) is 3.35. The molecule has 1 aromatic carbocycles. The van der Waals surface area contributed by atoms with Crippen LogP contribution in [0.2, 0.25) is 10.0 Å². The molecule has 1 atom stereocenters. The average molecular weight is 468 g/mol. The van der Waals surface area contributed by atoms with Gasteiger partial charge in [-0.2, -0.15) is 0 Å². The van der Waals surface area contributed by atoms with Crippen LogP contribution in [0.5, 0.6) is 5.75 Å². The standard InChI is InChI=1S/C22H27Cl2N3O2S/c1-21(2,3)14-7-12(8-15(18(14)29)22(4,5)6)20-27(17(28)11-30-20)26-19-16(24)9-13(23)10-25-19/h7-10,20,29H,11H2,1-6H3,(H,25,26). The fraction of sp³-hybridized carbons (Fsp3) is 0.455. The number of benzene rings is 1. The van der Waals surface area contributed by atoms with Crippen molar-refractivity contribution in [2.45, 2.75) is 57.7 Å². The van der Waals surface area contributed by atoms with E-state index in [1.165, 1.54) is 18.0 Å². The molecule has 0 spiro atoms. The van der Waals surface area contributed by atoms with Gasteiger partial charge in [-0.3, -0.25) is 10.2 Å². The Morgan fingerprint density at radius 1 is 1.10 bits per heavy atom. The van der Waals surface area contributed by atoms with Crippen molar-refractivity contribution in [2.75, 3.05) is 11.2 Å². The SMILES string of the molecule is CC(C)(C)c1cc(C2SCC(=O)N2Nc2ncc(Cl)cc2Cl)cc(C(C)(C)C)c1O. The van der Waals surface area contributed by atoms with E-state index in [9.17, 15) is 9.90 Å². The number of phenols is 1. The van der Waals surface area contributed by atoms with E-state index >= 15 is 0 Å². The Kier molecular flexibility index (Phi) is 6.25. The first-order valence-corrected chi connectivity index (χ1v) is 11.5. The lowest BCUT2D eigenvalue weighted by Crippen LogP contribution is -2.34. The van der Waals surface area contributed by atoms with E-state index < -0.39 is 0 Å². The zero-order chi connectivity index (χ0) is 22.4. The number of hydrogen-bond acceptors (Lipinski definition) is 5. The summed E-state index contributed by atoms with van der Waals surface area (Å²) in [6, 6.07) is 5.57. The van der Waals surface area contributed by atoms with Crippen molar-refractivity contribution >= 4 is 46.7 Å². The van der Waals surface area contributed by atoms with Gasteiger partial charge in [0.1, 0.15) is 11.1 Å². The van der Waals surface area contributed by atoms with Crippen LogP contribution in [0.25, 0.3) is 0 Å². The molecule has 1 aliphatic heterocycles. The van der Waals surface area contributed by atoms with Gasteiger partial charge in [0, 0.05) is 6.20 Å². The maximum Gasteiger partial charge on any atom is 0.252 e. The number of hydrazine groups is 1. The van der Waals surface area contributed by atoms with E-state index in [4.69, 9.17) is 23.2 Å². The molecule has 1 unspecified atom stereocenters. The number of thioether (sulfide) groups is 1. The van der Waals surface area contributed by atoms with Gasteiger partial charge in [0.15, 0.2) is 5.82 Å². The zero-order valence-corrected chi connectivity index (χ0v) is 20.3. The fourth-order valence-corrected chi connectivity index (χ4v) is 4.85. The Bertz CT molecular complexity index is 948. The largest absolute Gasteiger partial charge is 0.507 e. The minimum Gasteiger partial charge on any atom is -0.507 e. The number of rotatable bonds is 3. The number of phenolic OH excluding ortho intramolecular Hbond substituents is 1. The molecule has 2 N–H and O–H groups in total. The summed E-state index contributed by atoms with van der Waals surface area (Å²) in [4.78, 5) is 16.9. The average Bonchev–Trinajstić information content (AvgIpc) is 2.96. The zero-order valence-electron chi connectivity index (χ0n) is 18.0. The molecule has 30 heavy (non-hydrogen) atoms. The Labute approximate surface area is 192 Å². The molecule has 0 bridgehead atoms. The third-order valence-electron chi connectivity index (χ3n) is 4.94. The minimum absolute atomic E-state index is 0.0690. The molecule has 1 fully saturated rings. The molecule has 8 heteroatoms. The second-order valence-corrected chi connectivity index (χ2v) is 11.4. The summed E-state index contributed by atoms with van der Waals surface area (Å²) >= 11 is 13.7. The highest BCUT2D eigenvalue weighted by Gasteiger charge is 2.36. The molecule has 0 saturated carbocycles. The molecule has 1 saturated heterocycles. The molecule has 2 aromatic rings. The number of hydrogen-bond donors (Lipinski definition) is 2. The first-order valence-electron chi connectivity index (χ1n) is 9.68. The number of nitrogens with one attached hydrogen (secondary N) is 1. The number of aromatic nitrogens is 1. The summed E-state index contributed by atoms with van der Waals surface area (Å²) in [5.74, 6) is 0.947. The van der Waals surface area contributed by atoms with Gasteiger partial charge in [0.05, 0.1) is 15.8 Å². The number of amides is 1. The van der Waals surface area contributed by atoms with Gasteiger partial charge in [0.2, 0.25) is 0 Å². The number of aromatic hydroxyl groups is 1. The van der Waals surface area contributed by atoms with E-state index in [0.717, 1.165) is 16.7 Å². The summed E-state index contributed by atoms with van der Waals surface area (Å²) in [6.45, 7) is 12.4. The van der Waals surface area contributed by atoms with Crippen molar-refractivity contribution < 1.29 is 9.90 Å². The van der Waals surface area contributed by atoms with Gasteiger partial charge in [-0.15, -0.1) is 11.8 Å². The van der Waals surface area contributed by atoms with Crippen LogP contribution >= 0.6 is 35.0 Å². The van der Waals surface area contributed by atoms with Crippen LogP contribution in [0.15, 0.2) is 24.4 Å². The number of carbonyl (C=O) groups is 1. The van der Waals surface area contributed by atoms with E-state index in [2.05, 4.69) is 52.0 Å². The highest BCUT2D eigenvalue weighted by Crippen LogP contribution is 2.45. The van der Waals surface area contributed by atoms with Gasteiger partial charge < -0.3 is 5.11 Å². The molecule has 1 aromatic heterocycles. The lowest BCUT2D eigenvalue weighted by molar-refractivity contribution is -0.126. The molecule has 0 radical (unpaired) electrons. The minimum atomic E-state index is -0.283. The van der Waals surface area contributed by atoms with Crippen molar-refractivity contribution in [3.8, 4) is 5.75 Å². The van der Waals surface area contributed by atoms with Gasteiger partial charge in [-0.1, -0.05) is 64.7 Å². The summed E-state index contributed by atoms with van der Waals surface area (Å²) in [7, 11) is 0. The van der Waals surface area contributed by atoms with Crippen molar-refractivity contribution in [3.63, 3.8) is 0 Å². The van der Waals surface area contributed by atoms with Crippen LogP contribution in [0, 0.1) is 0 Å². The van der Waals surface area contributed by atoms with Crippen molar-refractivity contribution in [2.24, 2.45) is 0 Å². The lowest BCUT2D eigenvalue weighted by Gasteiger charge is -2.31. The molecular formula is C22H27Cl2N3O2S. The first kappa shape index (κ1) is 23.0. The maximum absolute atomic E-state index is 12.7. The van der Waals surface area contributed by atoms with Crippen molar-refractivity contribution in [1.29, 1.82) is 0 Å². The smallest absolute Gasteiger partial charge is 0.252 e. The van der Waals surface area contributed by atoms with Gasteiger partial charge >= 0.3 is 0 Å². The molecule has 162 valence electrons. The van der Waals surface area contributed by atoms with Gasteiger partial charge in [-0.05, 0) is 45.7 Å². The van der Waals surface area contributed by atoms with Gasteiger partial charge in [-0.25, -0.2) is 9.99 Å². The van der Waals surface area contributed by atoms with Crippen LogP contribution in [-0.2, 0) is 15.6 Å². The van der Waals surface area contributed by atoms with E-state index in [1.54, 1.807) is 11.1 Å². The van der Waals surface area contributed by atoms with Crippen LogP contribution < -0.4 is 5.43 Å². The van der Waals surface area contributed by atoms with Crippen LogP contribution in [0.4, 0.5) is 5.82 Å². The van der Waals surface area contributed by atoms with Crippen LogP contribution in [0.1, 0.15) is 63.6 Å². The second kappa shape index (κ2) is 8.13. The Morgan fingerprint density at radius 2 is 1.67 bits per heavy atom. The van der Waals surface area contributed by atoms with Crippen LogP contribution in [0.3, 0.4) is 0 Å². The number of pyridine rings is 1. The highest BCUT2D eigenvalue weighted by molar-refractivity contribution is 8.00. The van der Waals surface area contributed by atoms with E-state index in [0.29, 0.717) is 27.4 Å². The van der Waals surface area contributed by atoms with Crippen LogP contribution in [-0.4, -0.2) is 26.8 Å². The molecule has 1 aliphatic rings. The Hall–Kier alpha value is -1.63. The Morgan fingerprint density at radius 3 is 2.17 bits per heavy atom. The maximum atomic E-state index is 12.7. The Balaban J connectivity index is 2.07. The second-order valence-electron chi connectivity index (χ2n) is 9.49. The molecule has 2 heterocycles. The number of anilines is 1. The van der Waals surface area contributed by atoms with Gasteiger partial charge in [0.25, 0.3) is 5.91 Å². The predicted octanol–water partition coefficient (Wildman–Crippen LogP) is 6.29. The molecule has 1 amide bonds. The number of nitrogens with zero attached hydrogens (tertiary/aromatic N) is 2. The topological polar surface area (TPSA) is 65.5 Å². The number of carbonyl (C=O) groups excluding carboxylic acids is 1. The summed E-state index contributed by atoms with van der Waals surface area (Å²) < 4.78 is 0. The molecule has 5 nitrogen and oxygen atoms in total. The normalized spacial score (nSPS) is 17.5. The monoisotopic (exact) mass is 467 g/mol. The van der Waals surface area contributed by atoms with Crippen molar-refractivity contribution in [1.82, 2.24) is 9.99 Å². The molecular weight excluding hydrogens is 441 g/mol. The van der Waals surface area contributed by atoms with E-state index in [-0.39, 0.29) is 22.1 Å². The predicted molar refractivity (Wildman–Crippen MR) is 125 cm³/mol. The quantitative estimate of drug-likeness (QED) is 0.554. The summed E-state index contributed by atoms with van der Waals surface area (Å²) in [5, 5.41) is 13.0. The van der Waals surface area contributed by atoms with Crippen molar-refractivity contribution in [3.05, 3.63) is 51.1 Å².